The highest BCUT2D eigenvalue weighted by molar-refractivity contribution is 7.19. The fourth-order valence-electron chi connectivity index (χ4n) is 1.44. The number of halogens is 3. The molecule has 0 aliphatic carbocycles. The first-order valence-electron chi connectivity index (χ1n) is 5.87. The minimum Gasteiger partial charge on any atom is -0.480 e. The summed E-state index contributed by atoms with van der Waals surface area (Å²) in [6, 6.07) is 9.17. The number of carboxylic acid groups (broad SMARTS) is 2. The number of thiophene rings is 1. The standard InChI is InChI=1S/C11H11NO2S.C2HF3O2/c12-9(11(13)14)6-8-5-7-3-1-2-4-10(7)15-8;3-2(4,5)1(6)7/h1-5,9H,6,12H2,(H,13,14);(H,6,7)/t9-;/m1./s1. The van der Waals surface area contributed by atoms with Crippen LogP contribution in [0.3, 0.4) is 0 Å². The van der Waals surface area contributed by atoms with Gasteiger partial charge in [0.1, 0.15) is 6.04 Å². The number of rotatable bonds is 3. The molecule has 5 nitrogen and oxygen atoms in total. The monoisotopic (exact) mass is 335 g/mol. The fourth-order valence-corrected chi connectivity index (χ4v) is 2.56. The molecule has 1 heterocycles. The van der Waals surface area contributed by atoms with Gasteiger partial charge < -0.3 is 15.9 Å². The normalized spacial score (nSPS) is 12.4. The molecule has 1 atom stereocenters. The van der Waals surface area contributed by atoms with Crippen molar-refractivity contribution < 1.29 is 33.0 Å². The first-order valence-corrected chi connectivity index (χ1v) is 6.69. The molecule has 0 saturated heterocycles. The number of hydrogen-bond donors (Lipinski definition) is 3. The Morgan fingerprint density at radius 1 is 1.23 bits per heavy atom. The Labute approximate surface area is 126 Å². The van der Waals surface area contributed by atoms with Gasteiger partial charge in [0, 0.05) is 16.0 Å². The fraction of sp³-hybridized carbons (Fsp3) is 0.231. The highest BCUT2D eigenvalue weighted by Gasteiger charge is 2.38. The van der Waals surface area contributed by atoms with Crippen LogP contribution < -0.4 is 5.73 Å². The summed E-state index contributed by atoms with van der Waals surface area (Å²) in [5, 5.41) is 17.0. The summed E-state index contributed by atoms with van der Waals surface area (Å²) >= 11 is 1.60. The lowest BCUT2D eigenvalue weighted by molar-refractivity contribution is -0.192. The molecular weight excluding hydrogens is 323 g/mol. The molecule has 0 aliphatic rings. The predicted octanol–water partition coefficient (Wildman–Crippen LogP) is 2.49. The van der Waals surface area contributed by atoms with Crippen molar-refractivity contribution in [2.24, 2.45) is 5.73 Å². The van der Waals surface area contributed by atoms with E-state index in [0.717, 1.165) is 10.3 Å². The number of fused-ring (bicyclic) bond motifs is 1. The molecule has 0 bridgehead atoms. The molecule has 120 valence electrons. The minimum absolute atomic E-state index is 0.397. The summed E-state index contributed by atoms with van der Waals surface area (Å²) < 4.78 is 32.9. The zero-order valence-electron chi connectivity index (χ0n) is 11.0. The lowest BCUT2D eigenvalue weighted by atomic mass is 10.2. The Bertz CT molecular complexity index is 636. The maximum Gasteiger partial charge on any atom is 0.490 e. The highest BCUT2D eigenvalue weighted by atomic mass is 32.1. The number of carboxylic acids is 2. The van der Waals surface area contributed by atoms with Crippen LogP contribution in [0, 0.1) is 0 Å². The Hall–Kier alpha value is -2.13. The lowest BCUT2D eigenvalue weighted by Gasteiger charge is -2.02. The first-order chi connectivity index (χ1) is 10.1. The van der Waals surface area contributed by atoms with E-state index in [2.05, 4.69) is 0 Å². The zero-order valence-corrected chi connectivity index (χ0v) is 11.8. The van der Waals surface area contributed by atoms with Crippen LogP contribution in [0.2, 0.25) is 0 Å². The van der Waals surface area contributed by atoms with E-state index in [1.807, 2.05) is 30.3 Å². The van der Waals surface area contributed by atoms with Gasteiger partial charge >= 0.3 is 18.1 Å². The molecule has 0 fully saturated rings. The number of nitrogens with two attached hydrogens (primary N) is 1. The molecule has 2 aromatic rings. The van der Waals surface area contributed by atoms with Crippen molar-refractivity contribution in [3.8, 4) is 0 Å². The molecular formula is C13H12F3NO4S. The molecule has 0 spiro atoms. The molecule has 2 rings (SSSR count). The summed E-state index contributed by atoms with van der Waals surface area (Å²) in [5.74, 6) is -3.71. The SMILES string of the molecule is N[C@H](Cc1cc2ccccc2s1)C(=O)O.O=C(O)C(F)(F)F. The van der Waals surface area contributed by atoms with Gasteiger partial charge in [-0.2, -0.15) is 13.2 Å². The van der Waals surface area contributed by atoms with Gasteiger partial charge in [-0.1, -0.05) is 18.2 Å². The van der Waals surface area contributed by atoms with Crippen molar-refractivity contribution in [2.75, 3.05) is 0 Å². The van der Waals surface area contributed by atoms with Crippen molar-refractivity contribution in [3.05, 3.63) is 35.2 Å². The minimum atomic E-state index is -5.08. The van der Waals surface area contributed by atoms with Gasteiger partial charge in [0.05, 0.1) is 0 Å². The van der Waals surface area contributed by atoms with E-state index in [9.17, 15) is 18.0 Å². The third kappa shape index (κ3) is 5.34. The van der Waals surface area contributed by atoms with E-state index < -0.39 is 24.2 Å². The van der Waals surface area contributed by atoms with Gasteiger partial charge in [-0.25, -0.2) is 4.79 Å². The van der Waals surface area contributed by atoms with Crippen LogP contribution in [0.1, 0.15) is 4.88 Å². The van der Waals surface area contributed by atoms with Gasteiger partial charge in [-0.05, 0) is 17.5 Å². The number of hydrogen-bond acceptors (Lipinski definition) is 4. The van der Waals surface area contributed by atoms with Gasteiger partial charge in [-0.3, -0.25) is 4.79 Å². The molecule has 22 heavy (non-hydrogen) atoms. The molecule has 1 aromatic carbocycles. The summed E-state index contributed by atoms with van der Waals surface area (Å²) in [5.41, 5.74) is 5.48. The Kier molecular flexibility index (Phi) is 5.89. The van der Waals surface area contributed by atoms with Crippen LogP contribution >= 0.6 is 11.3 Å². The van der Waals surface area contributed by atoms with Gasteiger partial charge in [0.15, 0.2) is 0 Å². The first kappa shape index (κ1) is 17.9. The lowest BCUT2D eigenvalue weighted by Crippen LogP contribution is -2.31. The van der Waals surface area contributed by atoms with Crippen LogP contribution in [0.5, 0.6) is 0 Å². The second-order valence-electron chi connectivity index (χ2n) is 4.20. The molecule has 4 N–H and O–H groups in total. The Morgan fingerprint density at radius 3 is 2.23 bits per heavy atom. The summed E-state index contributed by atoms with van der Waals surface area (Å²) in [6.45, 7) is 0. The van der Waals surface area contributed by atoms with Gasteiger partial charge in [0.25, 0.3) is 0 Å². The number of carbonyl (C=O) groups is 2. The smallest absolute Gasteiger partial charge is 0.480 e. The number of aliphatic carboxylic acids is 2. The van der Waals surface area contributed by atoms with Crippen molar-refractivity contribution in [1.29, 1.82) is 0 Å². The maximum atomic E-state index is 10.6. The number of alkyl halides is 3. The molecule has 9 heteroatoms. The van der Waals surface area contributed by atoms with E-state index in [0.29, 0.717) is 6.42 Å². The largest absolute Gasteiger partial charge is 0.490 e. The second kappa shape index (κ2) is 7.23. The van der Waals surface area contributed by atoms with Crippen LogP contribution in [0.15, 0.2) is 30.3 Å². The summed E-state index contributed by atoms with van der Waals surface area (Å²) in [7, 11) is 0. The molecule has 0 amide bonds. The van der Waals surface area contributed by atoms with Crippen molar-refractivity contribution in [3.63, 3.8) is 0 Å². The van der Waals surface area contributed by atoms with E-state index in [1.165, 1.54) is 4.70 Å². The maximum absolute atomic E-state index is 10.6. The topological polar surface area (TPSA) is 101 Å². The molecule has 0 unspecified atom stereocenters. The molecule has 0 aliphatic heterocycles. The molecule has 0 radical (unpaired) electrons. The number of benzene rings is 1. The molecule has 1 aromatic heterocycles. The van der Waals surface area contributed by atoms with E-state index in [1.54, 1.807) is 11.3 Å². The van der Waals surface area contributed by atoms with E-state index >= 15 is 0 Å². The average molecular weight is 335 g/mol. The quantitative estimate of drug-likeness (QED) is 0.800. The van der Waals surface area contributed by atoms with Crippen LogP contribution in [-0.2, 0) is 16.0 Å². The van der Waals surface area contributed by atoms with Crippen molar-refractivity contribution >= 4 is 33.4 Å². The van der Waals surface area contributed by atoms with Gasteiger partial charge in [-0.15, -0.1) is 11.3 Å². The summed E-state index contributed by atoms with van der Waals surface area (Å²) in [6.07, 6.45) is -4.69. The summed E-state index contributed by atoms with van der Waals surface area (Å²) in [4.78, 5) is 20.5. The molecule has 0 saturated carbocycles. The van der Waals surface area contributed by atoms with E-state index in [-0.39, 0.29) is 0 Å². The Balaban J connectivity index is 0.000000295. The van der Waals surface area contributed by atoms with E-state index in [4.69, 9.17) is 20.7 Å². The van der Waals surface area contributed by atoms with Gasteiger partial charge in [0.2, 0.25) is 0 Å². The average Bonchev–Trinajstić information content (AvgIpc) is 2.80. The van der Waals surface area contributed by atoms with Crippen LogP contribution in [0.25, 0.3) is 10.1 Å². The third-order valence-corrected chi connectivity index (χ3v) is 3.60. The second-order valence-corrected chi connectivity index (χ2v) is 5.37. The predicted molar refractivity (Wildman–Crippen MR) is 74.8 cm³/mol. The Morgan fingerprint density at radius 2 is 1.77 bits per heavy atom. The third-order valence-electron chi connectivity index (χ3n) is 2.46. The zero-order chi connectivity index (χ0) is 16.9. The van der Waals surface area contributed by atoms with Crippen molar-refractivity contribution in [1.82, 2.24) is 0 Å². The van der Waals surface area contributed by atoms with Crippen LogP contribution in [-0.4, -0.2) is 34.4 Å². The highest BCUT2D eigenvalue weighted by Crippen LogP contribution is 2.25. The van der Waals surface area contributed by atoms with Crippen LogP contribution in [0.4, 0.5) is 13.2 Å². The van der Waals surface area contributed by atoms with Crippen molar-refractivity contribution in [2.45, 2.75) is 18.6 Å².